The average molecular weight is 488 g/mol. The number of aromatic hydroxyl groups is 1. The number of benzene rings is 1. The summed E-state index contributed by atoms with van der Waals surface area (Å²) in [5, 5.41) is 17.7. The topological polar surface area (TPSA) is 109 Å². The molecule has 1 aromatic carbocycles. The zero-order valence-corrected chi connectivity index (χ0v) is 17.7. The summed E-state index contributed by atoms with van der Waals surface area (Å²) in [6.07, 6.45) is -3.29. The number of carbonyl (C=O) groups excluding carboxylic acids is 2. The lowest BCUT2D eigenvalue weighted by Gasteiger charge is -2.13. The van der Waals surface area contributed by atoms with E-state index in [1.807, 2.05) is 0 Å². The average Bonchev–Trinajstić information content (AvgIpc) is 3.09. The van der Waals surface area contributed by atoms with Crippen molar-refractivity contribution in [2.24, 2.45) is 7.05 Å². The molecule has 0 atom stereocenters. The lowest BCUT2D eigenvalue weighted by Crippen LogP contribution is -2.25. The van der Waals surface area contributed by atoms with E-state index in [1.54, 1.807) is 0 Å². The highest BCUT2D eigenvalue weighted by Gasteiger charge is 2.33. The van der Waals surface area contributed by atoms with Gasteiger partial charge in [0.2, 0.25) is 0 Å². The van der Waals surface area contributed by atoms with Crippen molar-refractivity contribution in [3.63, 3.8) is 0 Å². The number of nitrogens with zero attached hydrogens (tertiary/aromatic N) is 3. The lowest BCUT2D eigenvalue weighted by molar-refractivity contribution is -0.138. The Morgan fingerprint density at radius 1 is 1.19 bits per heavy atom. The number of nitrogens with one attached hydrogen (secondary N) is 2. The summed E-state index contributed by atoms with van der Waals surface area (Å²) in [5.74, 6) is -2.26. The first-order chi connectivity index (χ1) is 15.0. The maximum atomic E-state index is 13.1. The van der Waals surface area contributed by atoms with Crippen molar-refractivity contribution in [2.75, 3.05) is 5.32 Å². The van der Waals surface area contributed by atoms with Crippen LogP contribution in [0.1, 0.15) is 32.0 Å². The number of amides is 2. The van der Waals surface area contributed by atoms with E-state index in [9.17, 15) is 27.9 Å². The molecule has 3 N–H and O–H groups in total. The minimum atomic E-state index is -4.57. The van der Waals surface area contributed by atoms with E-state index in [4.69, 9.17) is 23.2 Å². The van der Waals surface area contributed by atoms with Gasteiger partial charge in [-0.05, 0) is 17.7 Å². The summed E-state index contributed by atoms with van der Waals surface area (Å²) in [7, 11) is 1.48. The third kappa shape index (κ3) is 5.11. The highest BCUT2D eigenvalue weighted by atomic mass is 35.5. The number of anilines is 1. The Morgan fingerprint density at radius 3 is 2.53 bits per heavy atom. The molecule has 0 aliphatic heterocycles. The zero-order chi connectivity index (χ0) is 23.6. The number of aryl methyl sites for hydroxylation is 1. The third-order valence-corrected chi connectivity index (χ3v) is 4.76. The predicted octanol–water partition coefficient (Wildman–Crippen LogP) is 4.03. The number of alkyl halides is 3. The molecule has 0 saturated heterocycles. The molecule has 0 aliphatic carbocycles. The summed E-state index contributed by atoms with van der Waals surface area (Å²) in [4.78, 5) is 28.8. The molecule has 13 heteroatoms. The first kappa shape index (κ1) is 23.4. The van der Waals surface area contributed by atoms with Gasteiger partial charge in [0.1, 0.15) is 11.3 Å². The van der Waals surface area contributed by atoms with E-state index in [0.717, 1.165) is 12.1 Å². The molecule has 3 rings (SSSR count). The second kappa shape index (κ2) is 9.05. The van der Waals surface area contributed by atoms with Crippen molar-refractivity contribution in [1.29, 1.82) is 0 Å². The number of pyridine rings is 1. The Bertz CT molecular complexity index is 1170. The Hall–Kier alpha value is -3.31. The van der Waals surface area contributed by atoms with Gasteiger partial charge < -0.3 is 15.7 Å². The van der Waals surface area contributed by atoms with Crippen molar-refractivity contribution in [1.82, 2.24) is 20.1 Å². The van der Waals surface area contributed by atoms with Gasteiger partial charge in [0, 0.05) is 19.8 Å². The number of hydrogen-bond donors (Lipinski definition) is 3. The van der Waals surface area contributed by atoms with Gasteiger partial charge in [0.15, 0.2) is 16.7 Å². The van der Waals surface area contributed by atoms with Crippen molar-refractivity contribution < 1.29 is 27.9 Å². The first-order valence-electron chi connectivity index (χ1n) is 8.80. The molecule has 0 spiro atoms. The van der Waals surface area contributed by atoms with Gasteiger partial charge in [0.05, 0.1) is 10.6 Å². The molecule has 3 aromatic rings. The van der Waals surface area contributed by atoms with Crippen LogP contribution in [-0.2, 0) is 19.8 Å². The van der Waals surface area contributed by atoms with Gasteiger partial charge in [0.25, 0.3) is 11.8 Å². The number of hydrogen-bond acceptors (Lipinski definition) is 5. The smallest absolute Gasteiger partial charge is 0.416 e. The Balaban J connectivity index is 1.78. The minimum absolute atomic E-state index is 0.0960. The Kier molecular flexibility index (Phi) is 6.60. The summed E-state index contributed by atoms with van der Waals surface area (Å²) in [6, 6.07) is 5.90. The molecule has 0 unspecified atom stereocenters. The number of aromatic nitrogens is 3. The summed E-state index contributed by atoms with van der Waals surface area (Å²) >= 11 is 11.5. The highest BCUT2D eigenvalue weighted by molar-refractivity contribution is 6.36. The molecule has 168 valence electrons. The lowest BCUT2D eigenvalue weighted by atomic mass is 10.1. The molecule has 0 radical (unpaired) electrons. The van der Waals surface area contributed by atoms with E-state index in [-0.39, 0.29) is 27.7 Å². The van der Waals surface area contributed by atoms with Crippen LogP contribution in [-0.4, -0.2) is 31.7 Å². The Labute approximate surface area is 189 Å². The van der Waals surface area contributed by atoms with Gasteiger partial charge >= 0.3 is 6.18 Å². The van der Waals surface area contributed by atoms with Crippen LogP contribution in [0, 0.1) is 0 Å². The molecular formula is C19H14Cl2F3N5O3. The molecule has 2 aromatic heterocycles. The van der Waals surface area contributed by atoms with E-state index >= 15 is 0 Å². The maximum Gasteiger partial charge on any atom is 0.416 e. The number of halogens is 5. The third-order valence-electron chi connectivity index (χ3n) is 4.20. The monoisotopic (exact) mass is 487 g/mol. The quantitative estimate of drug-likeness (QED) is 0.470. The van der Waals surface area contributed by atoms with E-state index in [0.29, 0.717) is 0 Å². The second-order valence-corrected chi connectivity index (χ2v) is 7.25. The second-order valence-electron chi connectivity index (χ2n) is 6.49. The summed E-state index contributed by atoms with van der Waals surface area (Å²) in [5.41, 5.74) is -1.34. The van der Waals surface area contributed by atoms with Crippen molar-refractivity contribution in [3.05, 3.63) is 69.1 Å². The van der Waals surface area contributed by atoms with Crippen LogP contribution >= 0.6 is 23.2 Å². The molecule has 8 nitrogen and oxygen atoms in total. The van der Waals surface area contributed by atoms with Crippen LogP contribution in [0.15, 0.2) is 36.5 Å². The highest BCUT2D eigenvalue weighted by Crippen LogP contribution is 2.32. The number of carbonyl (C=O) groups is 2. The predicted molar refractivity (Wildman–Crippen MR) is 110 cm³/mol. The van der Waals surface area contributed by atoms with Crippen molar-refractivity contribution in [2.45, 2.75) is 12.7 Å². The normalized spacial score (nSPS) is 11.3. The van der Waals surface area contributed by atoms with Crippen LogP contribution in [0.25, 0.3) is 0 Å². The van der Waals surface area contributed by atoms with E-state index < -0.39 is 41.0 Å². The van der Waals surface area contributed by atoms with Gasteiger partial charge in [-0.15, -0.1) is 0 Å². The molecule has 2 heterocycles. The SMILES string of the molecule is Cn1cc(C(=O)NCc2ccccc2C(F)(F)F)c(NC(=O)c2cc(Cl)c(O)c(Cl)n2)n1. The van der Waals surface area contributed by atoms with Gasteiger partial charge in [-0.1, -0.05) is 41.4 Å². The fourth-order valence-electron chi connectivity index (χ4n) is 2.73. The molecular weight excluding hydrogens is 474 g/mol. The fraction of sp³-hybridized carbons (Fsp3) is 0.158. The van der Waals surface area contributed by atoms with Crippen LogP contribution in [0.4, 0.5) is 19.0 Å². The van der Waals surface area contributed by atoms with Gasteiger partial charge in [-0.25, -0.2) is 4.98 Å². The molecule has 0 fully saturated rings. The van der Waals surface area contributed by atoms with Gasteiger partial charge in [-0.3, -0.25) is 14.3 Å². The molecule has 0 aliphatic rings. The Morgan fingerprint density at radius 2 is 1.88 bits per heavy atom. The zero-order valence-electron chi connectivity index (χ0n) is 16.2. The van der Waals surface area contributed by atoms with E-state index in [1.165, 1.54) is 36.1 Å². The maximum absolute atomic E-state index is 13.1. The van der Waals surface area contributed by atoms with Crippen molar-refractivity contribution in [3.8, 4) is 5.75 Å². The van der Waals surface area contributed by atoms with E-state index in [2.05, 4.69) is 20.7 Å². The summed E-state index contributed by atoms with van der Waals surface area (Å²) in [6.45, 7) is -0.401. The molecule has 0 saturated carbocycles. The van der Waals surface area contributed by atoms with Crippen LogP contribution in [0.3, 0.4) is 0 Å². The largest absolute Gasteiger partial charge is 0.504 e. The minimum Gasteiger partial charge on any atom is -0.504 e. The first-order valence-corrected chi connectivity index (χ1v) is 9.56. The van der Waals surface area contributed by atoms with Crippen molar-refractivity contribution >= 4 is 40.8 Å². The standard InChI is InChI=1S/C19H14Cl2F3N5O3/c1-29-8-10(17(31)25-7-9-4-2-3-5-11(9)19(22,23)24)16(28-29)27-18(32)13-6-12(20)14(30)15(21)26-13/h2-6,8,30H,7H2,1H3,(H,25,31)(H,27,28,32). The van der Waals surface area contributed by atoms with Crippen LogP contribution in [0.2, 0.25) is 10.2 Å². The van der Waals surface area contributed by atoms with Gasteiger partial charge in [-0.2, -0.15) is 18.3 Å². The number of rotatable bonds is 5. The summed E-state index contributed by atoms with van der Waals surface area (Å²) < 4.78 is 40.6. The van der Waals surface area contributed by atoms with Crippen LogP contribution in [0.5, 0.6) is 5.75 Å². The fourth-order valence-corrected chi connectivity index (χ4v) is 3.17. The molecule has 2 amide bonds. The van der Waals surface area contributed by atoms with Crippen LogP contribution < -0.4 is 10.6 Å². The molecule has 0 bridgehead atoms. The molecule has 32 heavy (non-hydrogen) atoms.